The van der Waals surface area contributed by atoms with E-state index in [-0.39, 0.29) is 17.0 Å². The number of sulfone groups is 1. The van der Waals surface area contributed by atoms with E-state index in [0.29, 0.717) is 24.1 Å². The van der Waals surface area contributed by atoms with E-state index < -0.39 is 9.84 Å². The van der Waals surface area contributed by atoms with Gasteiger partial charge in [-0.15, -0.1) is 0 Å². The molecular weight excluding hydrogens is 240 g/mol. The quantitative estimate of drug-likeness (QED) is 0.701. The van der Waals surface area contributed by atoms with Gasteiger partial charge in [0.15, 0.2) is 16.1 Å². The minimum absolute atomic E-state index is 0.0134. The third-order valence-corrected chi connectivity index (χ3v) is 4.43. The molecule has 0 bridgehead atoms. The highest BCUT2D eigenvalue weighted by molar-refractivity contribution is 7.90. The standard InChI is InChI=1S/C11H16N2O3S/c1-11(2,3)13-10-7-17(15,16)5-4-8(10)9(6-14)12-13/h6H,4-5,7H2,1-3H3. The fraction of sp³-hybridized carbons (Fsp3) is 0.636. The smallest absolute Gasteiger partial charge is 0.170 e. The Labute approximate surface area is 101 Å². The van der Waals surface area contributed by atoms with Crippen molar-refractivity contribution in [2.75, 3.05) is 5.75 Å². The molecule has 0 saturated carbocycles. The zero-order chi connectivity index (χ0) is 12.8. The van der Waals surface area contributed by atoms with Crippen molar-refractivity contribution in [2.45, 2.75) is 38.5 Å². The van der Waals surface area contributed by atoms with Gasteiger partial charge in [-0.05, 0) is 27.2 Å². The second-order valence-electron chi connectivity index (χ2n) is 5.35. The van der Waals surface area contributed by atoms with Crippen LogP contribution in [0, 0.1) is 0 Å². The molecule has 2 heterocycles. The van der Waals surface area contributed by atoms with Crippen LogP contribution in [0.4, 0.5) is 0 Å². The molecule has 1 aromatic rings. The van der Waals surface area contributed by atoms with Crippen molar-refractivity contribution in [3.05, 3.63) is 17.0 Å². The molecule has 0 spiro atoms. The molecule has 5 nitrogen and oxygen atoms in total. The molecule has 0 atom stereocenters. The van der Waals surface area contributed by atoms with Gasteiger partial charge in [0, 0.05) is 5.56 Å². The third kappa shape index (κ3) is 2.13. The summed E-state index contributed by atoms with van der Waals surface area (Å²) in [4.78, 5) is 11.0. The highest BCUT2D eigenvalue weighted by Crippen LogP contribution is 2.27. The second-order valence-corrected chi connectivity index (χ2v) is 7.54. The first-order valence-electron chi connectivity index (χ1n) is 5.51. The maximum atomic E-state index is 11.7. The van der Waals surface area contributed by atoms with E-state index in [1.54, 1.807) is 4.68 Å². The average Bonchev–Trinajstić information content (AvgIpc) is 2.53. The molecule has 1 aliphatic rings. The van der Waals surface area contributed by atoms with Gasteiger partial charge < -0.3 is 0 Å². The molecule has 0 radical (unpaired) electrons. The minimum atomic E-state index is -3.05. The van der Waals surface area contributed by atoms with Crippen molar-refractivity contribution in [3.8, 4) is 0 Å². The van der Waals surface area contributed by atoms with Crippen LogP contribution in [-0.4, -0.2) is 30.2 Å². The maximum Gasteiger partial charge on any atom is 0.170 e. The van der Waals surface area contributed by atoms with Gasteiger partial charge in [-0.3, -0.25) is 9.48 Å². The Bertz CT molecular complexity index is 564. The van der Waals surface area contributed by atoms with Gasteiger partial charge in [0.1, 0.15) is 5.69 Å². The predicted molar refractivity (Wildman–Crippen MR) is 63.8 cm³/mol. The van der Waals surface area contributed by atoms with Crippen LogP contribution in [0.5, 0.6) is 0 Å². The van der Waals surface area contributed by atoms with Crippen molar-refractivity contribution in [1.29, 1.82) is 0 Å². The Kier molecular flexibility index (Phi) is 2.65. The Hall–Kier alpha value is -1.17. The molecule has 0 amide bonds. The Morgan fingerprint density at radius 2 is 2.00 bits per heavy atom. The number of carbonyl (C=O) groups excluding carboxylic acids is 1. The number of rotatable bonds is 1. The summed E-state index contributed by atoms with van der Waals surface area (Å²) in [5, 5.41) is 4.23. The summed E-state index contributed by atoms with van der Waals surface area (Å²) in [5.74, 6) is 0.0944. The Balaban J connectivity index is 2.65. The average molecular weight is 256 g/mol. The van der Waals surface area contributed by atoms with Crippen molar-refractivity contribution in [3.63, 3.8) is 0 Å². The van der Waals surface area contributed by atoms with Crippen LogP contribution in [0.2, 0.25) is 0 Å². The van der Waals surface area contributed by atoms with Crippen molar-refractivity contribution >= 4 is 16.1 Å². The normalized spacial score (nSPS) is 18.8. The number of aromatic nitrogens is 2. The lowest BCUT2D eigenvalue weighted by atomic mass is 10.1. The molecule has 94 valence electrons. The fourth-order valence-electron chi connectivity index (χ4n) is 2.11. The maximum absolute atomic E-state index is 11.7. The molecule has 6 heteroatoms. The van der Waals surface area contributed by atoms with Crippen LogP contribution >= 0.6 is 0 Å². The molecule has 1 aromatic heterocycles. The van der Waals surface area contributed by atoms with Gasteiger partial charge in [0.05, 0.1) is 22.7 Å². The van der Waals surface area contributed by atoms with E-state index in [1.807, 2.05) is 20.8 Å². The van der Waals surface area contributed by atoms with E-state index in [4.69, 9.17) is 0 Å². The predicted octanol–water partition coefficient (Wildman–Crippen LogP) is 0.921. The van der Waals surface area contributed by atoms with Crippen LogP contribution in [0.15, 0.2) is 0 Å². The van der Waals surface area contributed by atoms with Gasteiger partial charge in [-0.2, -0.15) is 5.10 Å². The largest absolute Gasteiger partial charge is 0.296 e. The number of hydrogen-bond acceptors (Lipinski definition) is 4. The lowest BCUT2D eigenvalue weighted by Gasteiger charge is -2.24. The molecule has 0 N–H and O–H groups in total. The number of fused-ring (bicyclic) bond motifs is 1. The Morgan fingerprint density at radius 1 is 1.35 bits per heavy atom. The molecule has 0 saturated heterocycles. The second kappa shape index (κ2) is 3.66. The summed E-state index contributed by atoms with van der Waals surface area (Å²) in [6.07, 6.45) is 1.10. The third-order valence-electron chi connectivity index (χ3n) is 2.89. The zero-order valence-electron chi connectivity index (χ0n) is 10.2. The molecule has 0 aromatic carbocycles. The number of hydrogen-bond donors (Lipinski definition) is 0. The number of aldehydes is 1. The first-order valence-corrected chi connectivity index (χ1v) is 7.33. The molecule has 0 aliphatic carbocycles. The Morgan fingerprint density at radius 3 is 2.53 bits per heavy atom. The zero-order valence-corrected chi connectivity index (χ0v) is 11.0. The highest BCUT2D eigenvalue weighted by atomic mass is 32.2. The van der Waals surface area contributed by atoms with Crippen LogP contribution < -0.4 is 0 Å². The first-order chi connectivity index (χ1) is 7.74. The van der Waals surface area contributed by atoms with E-state index in [2.05, 4.69) is 5.10 Å². The molecule has 0 unspecified atom stereocenters. The summed E-state index contributed by atoms with van der Waals surface area (Å²) in [5.41, 5.74) is 1.53. The van der Waals surface area contributed by atoms with Gasteiger partial charge in [0.2, 0.25) is 0 Å². The topological polar surface area (TPSA) is 69.0 Å². The van der Waals surface area contributed by atoms with Gasteiger partial charge in [-0.25, -0.2) is 8.42 Å². The molecule has 0 fully saturated rings. The van der Waals surface area contributed by atoms with Crippen molar-refractivity contribution in [2.24, 2.45) is 0 Å². The molecule has 17 heavy (non-hydrogen) atoms. The minimum Gasteiger partial charge on any atom is -0.296 e. The summed E-state index contributed by atoms with van der Waals surface area (Å²) in [7, 11) is -3.05. The molecular formula is C11H16N2O3S. The van der Waals surface area contributed by atoms with Crippen LogP contribution in [0.1, 0.15) is 42.5 Å². The number of nitrogens with zero attached hydrogens (tertiary/aromatic N) is 2. The van der Waals surface area contributed by atoms with Gasteiger partial charge in [-0.1, -0.05) is 0 Å². The van der Waals surface area contributed by atoms with Crippen LogP contribution in [-0.2, 0) is 27.5 Å². The van der Waals surface area contributed by atoms with E-state index in [9.17, 15) is 13.2 Å². The summed E-state index contributed by atoms with van der Waals surface area (Å²) < 4.78 is 25.0. The number of carbonyl (C=O) groups is 1. The summed E-state index contributed by atoms with van der Waals surface area (Å²) in [6.45, 7) is 5.82. The van der Waals surface area contributed by atoms with Crippen molar-refractivity contribution in [1.82, 2.24) is 9.78 Å². The molecule has 2 rings (SSSR count). The van der Waals surface area contributed by atoms with E-state index in [0.717, 1.165) is 5.56 Å². The van der Waals surface area contributed by atoms with Gasteiger partial charge >= 0.3 is 0 Å². The van der Waals surface area contributed by atoms with Crippen LogP contribution in [0.25, 0.3) is 0 Å². The van der Waals surface area contributed by atoms with E-state index in [1.165, 1.54) is 0 Å². The summed E-state index contributed by atoms with van der Waals surface area (Å²) in [6, 6.07) is 0. The monoisotopic (exact) mass is 256 g/mol. The lowest BCUT2D eigenvalue weighted by Crippen LogP contribution is -2.29. The summed E-state index contributed by atoms with van der Waals surface area (Å²) >= 11 is 0. The SMILES string of the molecule is CC(C)(C)n1nc(C=O)c2c1CS(=O)(=O)CC2. The lowest BCUT2D eigenvalue weighted by molar-refractivity contribution is 0.111. The highest BCUT2D eigenvalue weighted by Gasteiger charge is 2.31. The van der Waals surface area contributed by atoms with Gasteiger partial charge in [0.25, 0.3) is 0 Å². The first kappa shape index (κ1) is 12.3. The van der Waals surface area contributed by atoms with Crippen LogP contribution in [0.3, 0.4) is 0 Å². The fourth-order valence-corrected chi connectivity index (χ4v) is 3.48. The van der Waals surface area contributed by atoms with Crippen molar-refractivity contribution < 1.29 is 13.2 Å². The molecule has 1 aliphatic heterocycles. The van der Waals surface area contributed by atoms with E-state index >= 15 is 0 Å².